The Bertz CT molecular complexity index is 878. The van der Waals surface area contributed by atoms with Gasteiger partial charge in [-0.1, -0.05) is 54.6 Å². The topological polar surface area (TPSA) is 43.4 Å². The third kappa shape index (κ3) is 3.48. The lowest BCUT2D eigenvalue weighted by atomic mass is 9.94. The van der Waals surface area contributed by atoms with Crippen molar-refractivity contribution in [1.29, 1.82) is 0 Å². The third-order valence-corrected chi connectivity index (χ3v) is 3.85. The molecule has 4 heteroatoms. The lowest BCUT2D eigenvalue weighted by Crippen LogP contribution is -2.02. The first-order valence-electron chi connectivity index (χ1n) is 7.73. The van der Waals surface area contributed by atoms with Crippen LogP contribution in [0.3, 0.4) is 0 Å². The van der Waals surface area contributed by atoms with Gasteiger partial charge in [0.15, 0.2) is 12.6 Å². The zero-order valence-electron chi connectivity index (χ0n) is 13.3. The molecule has 0 fully saturated rings. The first kappa shape index (κ1) is 16.6. The average molecular weight is 334 g/mol. The highest BCUT2D eigenvalue weighted by molar-refractivity contribution is 5.98. The van der Waals surface area contributed by atoms with Crippen molar-refractivity contribution in [2.75, 3.05) is 0 Å². The Hall–Kier alpha value is -3.27. The summed E-state index contributed by atoms with van der Waals surface area (Å²) >= 11 is 0. The second-order valence-corrected chi connectivity index (χ2v) is 5.43. The number of carbonyl (C=O) groups excluding carboxylic acids is 2. The number of rotatable bonds is 6. The predicted octanol–water partition coefficient (Wildman–Crippen LogP) is 4.70. The molecule has 124 valence electrons. The van der Waals surface area contributed by atoms with Crippen molar-refractivity contribution >= 4 is 12.6 Å². The van der Waals surface area contributed by atoms with Gasteiger partial charge in [0, 0.05) is 16.7 Å². The number of ether oxygens (including phenoxy) is 1. The maximum atomic E-state index is 14.6. The van der Waals surface area contributed by atoms with E-state index in [-0.39, 0.29) is 34.6 Å². The van der Waals surface area contributed by atoms with E-state index in [0.29, 0.717) is 12.6 Å². The number of benzene rings is 3. The highest BCUT2D eigenvalue weighted by Gasteiger charge is 2.19. The molecule has 0 spiro atoms. The van der Waals surface area contributed by atoms with E-state index in [0.717, 1.165) is 5.56 Å². The highest BCUT2D eigenvalue weighted by atomic mass is 19.1. The summed E-state index contributed by atoms with van der Waals surface area (Å²) in [4.78, 5) is 22.8. The summed E-state index contributed by atoms with van der Waals surface area (Å²) in [6.07, 6.45) is 1.21. The van der Waals surface area contributed by atoms with Crippen molar-refractivity contribution in [2.45, 2.75) is 6.61 Å². The van der Waals surface area contributed by atoms with Crippen molar-refractivity contribution in [3.8, 4) is 16.9 Å². The minimum absolute atomic E-state index is 0.114. The van der Waals surface area contributed by atoms with Crippen molar-refractivity contribution in [3.63, 3.8) is 0 Å². The molecule has 25 heavy (non-hydrogen) atoms. The summed E-state index contributed by atoms with van der Waals surface area (Å²) in [6, 6.07) is 18.6. The Morgan fingerprint density at radius 1 is 0.760 bits per heavy atom. The summed E-state index contributed by atoms with van der Waals surface area (Å²) in [7, 11) is 0. The van der Waals surface area contributed by atoms with Crippen molar-refractivity contribution in [3.05, 3.63) is 89.2 Å². The lowest BCUT2D eigenvalue weighted by Gasteiger charge is -2.15. The molecule has 0 bridgehead atoms. The molecule has 0 aliphatic heterocycles. The van der Waals surface area contributed by atoms with Crippen LogP contribution in [0.5, 0.6) is 5.75 Å². The van der Waals surface area contributed by atoms with E-state index in [1.165, 1.54) is 12.1 Å². The van der Waals surface area contributed by atoms with Gasteiger partial charge in [-0.2, -0.15) is 0 Å². The molecule has 0 saturated carbocycles. The number of aldehydes is 2. The van der Waals surface area contributed by atoms with E-state index >= 15 is 0 Å². The standard InChI is InChI=1S/C21H15FO3/c22-18-10-5-11-19(25-14-15-6-2-1-3-7-15)21(18)20-16(12-23)8-4-9-17(20)13-24/h1-13H,14H2. The van der Waals surface area contributed by atoms with Crippen molar-refractivity contribution in [2.24, 2.45) is 0 Å². The predicted molar refractivity (Wildman–Crippen MR) is 93.4 cm³/mol. The molecule has 3 rings (SSSR count). The molecule has 0 N–H and O–H groups in total. The van der Waals surface area contributed by atoms with Crippen molar-refractivity contribution < 1.29 is 18.7 Å². The maximum Gasteiger partial charge on any atom is 0.150 e. The molecule has 0 aliphatic rings. The molecule has 3 aromatic carbocycles. The van der Waals surface area contributed by atoms with Gasteiger partial charge < -0.3 is 4.74 Å². The van der Waals surface area contributed by atoms with Crippen LogP contribution < -0.4 is 4.74 Å². The van der Waals surface area contributed by atoms with Gasteiger partial charge in [0.1, 0.15) is 18.2 Å². The molecule has 0 heterocycles. The Kier molecular flexibility index (Phi) is 5.00. The summed E-state index contributed by atoms with van der Waals surface area (Å²) < 4.78 is 20.4. The smallest absolute Gasteiger partial charge is 0.150 e. The van der Waals surface area contributed by atoms with Gasteiger partial charge in [0.05, 0.1) is 5.56 Å². The molecule has 0 unspecified atom stereocenters. The minimum atomic E-state index is -0.553. The van der Waals surface area contributed by atoms with Crippen LogP contribution in [0.4, 0.5) is 4.39 Å². The molecular weight excluding hydrogens is 319 g/mol. The largest absolute Gasteiger partial charge is 0.488 e. The minimum Gasteiger partial charge on any atom is -0.488 e. The van der Waals surface area contributed by atoms with E-state index < -0.39 is 5.82 Å². The Morgan fingerprint density at radius 2 is 1.40 bits per heavy atom. The zero-order valence-corrected chi connectivity index (χ0v) is 13.3. The fourth-order valence-corrected chi connectivity index (χ4v) is 2.68. The molecule has 0 aliphatic carbocycles. The second-order valence-electron chi connectivity index (χ2n) is 5.43. The Labute approximate surface area is 144 Å². The van der Waals surface area contributed by atoms with E-state index in [1.807, 2.05) is 30.3 Å². The summed E-state index contributed by atoms with van der Waals surface area (Å²) in [5.74, 6) is -0.274. The molecule has 0 atom stereocenters. The number of carbonyl (C=O) groups is 2. The molecule has 0 amide bonds. The second kappa shape index (κ2) is 7.53. The quantitative estimate of drug-likeness (QED) is 0.614. The van der Waals surface area contributed by atoms with E-state index in [2.05, 4.69) is 0 Å². The summed E-state index contributed by atoms with van der Waals surface area (Å²) in [5, 5.41) is 0. The monoisotopic (exact) mass is 334 g/mol. The van der Waals surface area contributed by atoms with Crippen LogP contribution in [0.2, 0.25) is 0 Å². The SMILES string of the molecule is O=Cc1cccc(C=O)c1-c1c(F)cccc1OCc1ccccc1. The summed E-state index contributed by atoms with van der Waals surface area (Å²) in [6.45, 7) is 0.247. The lowest BCUT2D eigenvalue weighted by molar-refractivity contribution is 0.112. The first-order chi connectivity index (χ1) is 12.2. The van der Waals surface area contributed by atoms with Gasteiger partial charge in [-0.3, -0.25) is 9.59 Å². The highest BCUT2D eigenvalue weighted by Crippen LogP contribution is 2.36. The van der Waals surface area contributed by atoms with E-state index in [1.54, 1.807) is 24.3 Å². The van der Waals surface area contributed by atoms with Crippen LogP contribution in [0.25, 0.3) is 11.1 Å². The van der Waals surface area contributed by atoms with E-state index in [9.17, 15) is 14.0 Å². The molecule has 0 radical (unpaired) electrons. The maximum absolute atomic E-state index is 14.6. The fourth-order valence-electron chi connectivity index (χ4n) is 2.68. The molecule has 0 aromatic heterocycles. The Morgan fingerprint density at radius 3 is 2.04 bits per heavy atom. The third-order valence-electron chi connectivity index (χ3n) is 3.85. The molecular formula is C21H15FO3. The van der Waals surface area contributed by atoms with Crippen LogP contribution in [-0.2, 0) is 6.61 Å². The number of hydrogen-bond acceptors (Lipinski definition) is 3. The summed E-state index contributed by atoms with van der Waals surface area (Å²) in [5.41, 5.74) is 1.76. The number of hydrogen-bond donors (Lipinski definition) is 0. The first-order valence-corrected chi connectivity index (χ1v) is 7.73. The molecule has 3 aromatic rings. The average Bonchev–Trinajstić information content (AvgIpc) is 2.66. The van der Waals surface area contributed by atoms with Crippen molar-refractivity contribution in [1.82, 2.24) is 0 Å². The van der Waals surface area contributed by atoms with Gasteiger partial charge in [0.2, 0.25) is 0 Å². The van der Waals surface area contributed by atoms with Gasteiger partial charge in [-0.15, -0.1) is 0 Å². The van der Waals surface area contributed by atoms with Crippen LogP contribution in [-0.4, -0.2) is 12.6 Å². The van der Waals surface area contributed by atoms with Gasteiger partial charge in [0.25, 0.3) is 0 Å². The zero-order chi connectivity index (χ0) is 17.6. The fraction of sp³-hybridized carbons (Fsp3) is 0.0476. The van der Waals surface area contributed by atoms with Crippen LogP contribution in [0.1, 0.15) is 26.3 Å². The molecule has 0 saturated heterocycles. The van der Waals surface area contributed by atoms with E-state index in [4.69, 9.17) is 4.74 Å². The van der Waals surface area contributed by atoms with Crippen LogP contribution >= 0.6 is 0 Å². The number of halogens is 1. The van der Waals surface area contributed by atoms with Crippen LogP contribution in [0, 0.1) is 5.82 Å². The van der Waals surface area contributed by atoms with Gasteiger partial charge in [-0.05, 0) is 17.7 Å². The van der Waals surface area contributed by atoms with Crippen LogP contribution in [0.15, 0.2) is 66.7 Å². The Balaban J connectivity index is 2.08. The molecule has 3 nitrogen and oxygen atoms in total. The normalized spacial score (nSPS) is 10.3. The van der Waals surface area contributed by atoms with Gasteiger partial charge in [-0.25, -0.2) is 4.39 Å². The van der Waals surface area contributed by atoms with Gasteiger partial charge >= 0.3 is 0 Å².